The van der Waals surface area contributed by atoms with E-state index >= 15 is 0 Å². The summed E-state index contributed by atoms with van der Waals surface area (Å²) in [6.45, 7) is 0.706. The molecule has 1 aliphatic carbocycles. The average molecular weight is 566 g/mol. The van der Waals surface area contributed by atoms with Gasteiger partial charge in [0.2, 0.25) is 5.91 Å². The minimum Gasteiger partial charge on any atom is -0.367 e. The van der Waals surface area contributed by atoms with E-state index in [0.717, 1.165) is 17.7 Å². The van der Waals surface area contributed by atoms with E-state index in [9.17, 15) is 23.2 Å². The van der Waals surface area contributed by atoms with Crippen LogP contribution in [0.15, 0.2) is 60.9 Å². The van der Waals surface area contributed by atoms with Crippen molar-refractivity contribution in [3.8, 4) is 5.69 Å². The molecule has 2 aliphatic rings. The molecule has 10 nitrogen and oxygen atoms in total. The lowest BCUT2D eigenvalue weighted by atomic mass is 9.92. The molecule has 3 amide bonds. The lowest BCUT2D eigenvalue weighted by molar-refractivity contribution is -0.141. The summed E-state index contributed by atoms with van der Waals surface area (Å²) in [4.78, 5) is 39.6. The zero-order valence-electron chi connectivity index (χ0n) is 22.5. The number of alkyl halides is 1. The molecule has 3 aromatic rings. The summed E-state index contributed by atoms with van der Waals surface area (Å²) in [5, 5.41) is 14.0. The van der Waals surface area contributed by atoms with E-state index in [4.69, 9.17) is 5.73 Å². The molecule has 2 heterocycles. The lowest BCUT2D eigenvalue weighted by Crippen LogP contribution is -2.55. The summed E-state index contributed by atoms with van der Waals surface area (Å²) in [7, 11) is 0. The molecule has 1 aliphatic heterocycles. The van der Waals surface area contributed by atoms with Gasteiger partial charge in [-0.05, 0) is 67.8 Å². The van der Waals surface area contributed by atoms with Gasteiger partial charge in [0.1, 0.15) is 11.9 Å². The number of hydrogen-bond acceptors (Lipinski definition) is 6. The summed E-state index contributed by atoms with van der Waals surface area (Å²) in [6, 6.07) is 12.7. The van der Waals surface area contributed by atoms with E-state index in [0.29, 0.717) is 30.9 Å². The monoisotopic (exact) mass is 565 g/mol. The van der Waals surface area contributed by atoms with Crippen LogP contribution in [0.3, 0.4) is 0 Å². The van der Waals surface area contributed by atoms with E-state index < -0.39 is 23.5 Å². The third-order valence-electron chi connectivity index (χ3n) is 7.89. The largest absolute Gasteiger partial charge is 0.367 e. The van der Waals surface area contributed by atoms with Crippen LogP contribution in [0.4, 0.5) is 8.78 Å². The van der Waals surface area contributed by atoms with Gasteiger partial charge in [-0.2, -0.15) is 0 Å². The maximum Gasteiger partial charge on any atom is 0.255 e. The van der Waals surface area contributed by atoms with Crippen LogP contribution in [0.2, 0.25) is 0 Å². The standard InChI is InChI=1S/C29H33F2N7O3/c30-21-7-3-19(4-8-21)23-18-25(23)33-13-1-2-24(27(40)37-15-11-29(31,12-16-37)28(32)41)35-26(39)20-5-9-22(10-6-20)38-17-14-34-36-38/h3-10,14,17,23-25,33H,1-2,11-13,15-16,18H2,(H2,32,41)(H,35,39)/t23-,24-,25+/m0/s1. The molecule has 2 aromatic carbocycles. The second-order valence-corrected chi connectivity index (χ2v) is 10.7. The molecule has 2 fully saturated rings. The zero-order chi connectivity index (χ0) is 29.0. The maximum atomic E-state index is 14.7. The van der Waals surface area contributed by atoms with Crippen molar-refractivity contribution in [1.29, 1.82) is 0 Å². The second-order valence-electron chi connectivity index (χ2n) is 10.7. The van der Waals surface area contributed by atoms with Crippen LogP contribution < -0.4 is 16.4 Å². The Morgan fingerprint density at radius 3 is 2.41 bits per heavy atom. The number of rotatable bonds is 11. The van der Waals surface area contributed by atoms with Crippen molar-refractivity contribution in [3.05, 3.63) is 77.9 Å². The van der Waals surface area contributed by atoms with Crippen molar-refractivity contribution < 1.29 is 23.2 Å². The Morgan fingerprint density at radius 1 is 1.07 bits per heavy atom. The predicted octanol–water partition coefficient (Wildman–Crippen LogP) is 2.25. The van der Waals surface area contributed by atoms with Gasteiger partial charge < -0.3 is 21.3 Å². The fourth-order valence-electron chi connectivity index (χ4n) is 5.25. The van der Waals surface area contributed by atoms with Gasteiger partial charge in [0, 0.05) is 43.5 Å². The molecule has 5 rings (SSSR count). The van der Waals surface area contributed by atoms with Gasteiger partial charge in [-0.1, -0.05) is 17.3 Å². The third kappa shape index (κ3) is 6.76. The molecule has 4 N–H and O–H groups in total. The molecule has 1 aromatic heterocycles. The topological polar surface area (TPSA) is 135 Å². The van der Waals surface area contributed by atoms with Crippen LogP contribution in [0.25, 0.3) is 5.69 Å². The second kappa shape index (κ2) is 12.1. The van der Waals surface area contributed by atoms with Gasteiger partial charge in [0.25, 0.3) is 11.8 Å². The minimum absolute atomic E-state index is 0.0386. The van der Waals surface area contributed by atoms with Gasteiger partial charge >= 0.3 is 0 Å². The lowest BCUT2D eigenvalue weighted by Gasteiger charge is -2.36. The number of benzene rings is 2. The first kappa shape index (κ1) is 28.3. The number of amides is 3. The maximum absolute atomic E-state index is 14.7. The number of primary amides is 1. The first-order valence-electron chi connectivity index (χ1n) is 13.8. The van der Waals surface area contributed by atoms with Gasteiger partial charge in [-0.15, -0.1) is 5.10 Å². The fraction of sp³-hybridized carbons (Fsp3) is 0.414. The molecule has 3 atom stereocenters. The Balaban J connectivity index is 1.19. The van der Waals surface area contributed by atoms with Gasteiger partial charge in [-0.25, -0.2) is 13.5 Å². The van der Waals surface area contributed by atoms with E-state index in [1.165, 1.54) is 17.0 Å². The highest BCUT2D eigenvalue weighted by Crippen LogP contribution is 2.40. The Hall–Kier alpha value is -4.19. The van der Waals surface area contributed by atoms with E-state index in [2.05, 4.69) is 20.9 Å². The van der Waals surface area contributed by atoms with Crippen molar-refractivity contribution in [2.75, 3.05) is 19.6 Å². The van der Waals surface area contributed by atoms with Gasteiger partial charge in [0.15, 0.2) is 5.67 Å². The van der Waals surface area contributed by atoms with Crippen LogP contribution in [0, 0.1) is 5.82 Å². The molecule has 0 radical (unpaired) electrons. The van der Waals surface area contributed by atoms with Gasteiger partial charge in [0.05, 0.1) is 18.1 Å². The van der Waals surface area contributed by atoms with Crippen molar-refractivity contribution in [3.63, 3.8) is 0 Å². The highest BCUT2D eigenvalue weighted by Gasteiger charge is 2.42. The summed E-state index contributed by atoms with van der Waals surface area (Å²) < 4.78 is 29.5. The first-order chi connectivity index (χ1) is 19.7. The number of aromatic nitrogens is 3. The summed E-state index contributed by atoms with van der Waals surface area (Å²) in [5.41, 5.74) is 5.28. The number of carbonyl (C=O) groups is 3. The van der Waals surface area contributed by atoms with Crippen molar-refractivity contribution in [2.45, 2.75) is 55.8 Å². The molecular weight excluding hydrogens is 532 g/mol. The molecule has 41 heavy (non-hydrogen) atoms. The normalized spacial score (nSPS) is 20.3. The number of hydrogen-bond donors (Lipinski definition) is 3. The zero-order valence-corrected chi connectivity index (χ0v) is 22.5. The van der Waals surface area contributed by atoms with Crippen LogP contribution in [0.5, 0.6) is 0 Å². The Labute approximate surface area is 236 Å². The van der Waals surface area contributed by atoms with Crippen LogP contribution in [0.1, 0.15) is 53.9 Å². The molecule has 1 saturated carbocycles. The van der Waals surface area contributed by atoms with Crippen molar-refractivity contribution in [2.24, 2.45) is 5.73 Å². The first-order valence-corrected chi connectivity index (χ1v) is 13.8. The fourth-order valence-corrected chi connectivity index (χ4v) is 5.25. The Morgan fingerprint density at radius 2 is 1.78 bits per heavy atom. The molecular formula is C29H33F2N7O3. The number of likely N-dealkylation sites (tertiary alicyclic amines) is 1. The van der Waals surface area contributed by atoms with Crippen LogP contribution in [-0.4, -0.2) is 75.0 Å². The number of nitrogens with two attached hydrogens (primary N) is 1. The molecule has 0 unspecified atom stereocenters. The number of nitrogens with one attached hydrogen (secondary N) is 2. The molecule has 1 saturated heterocycles. The highest BCUT2D eigenvalue weighted by molar-refractivity contribution is 5.97. The van der Waals surface area contributed by atoms with E-state index in [1.807, 2.05) is 0 Å². The number of halogens is 2. The van der Waals surface area contributed by atoms with Gasteiger partial charge in [-0.3, -0.25) is 14.4 Å². The molecule has 0 bridgehead atoms. The summed E-state index contributed by atoms with van der Waals surface area (Å²) in [6.07, 6.45) is 4.82. The average Bonchev–Trinajstić information content (AvgIpc) is 3.53. The quantitative estimate of drug-likeness (QED) is 0.305. The molecule has 12 heteroatoms. The number of piperidine rings is 1. The van der Waals surface area contributed by atoms with Crippen LogP contribution in [-0.2, 0) is 9.59 Å². The predicted molar refractivity (Wildman–Crippen MR) is 146 cm³/mol. The van der Waals surface area contributed by atoms with Crippen molar-refractivity contribution >= 4 is 17.7 Å². The molecule has 0 spiro atoms. The minimum atomic E-state index is -2.13. The number of carbonyl (C=O) groups excluding carboxylic acids is 3. The summed E-state index contributed by atoms with van der Waals surface area (Å²) >= 11 is 0. The Kier molecular flexibility index (Phi) is 8.39. The Bertz CT molecular complexity index is 1360. The van der Waals surface area contributed by atoms with Crippen molar-refractivity contribution in [1.82, 2.24) is 30.5 Å². The molecule has 216 valence electrons. The third-order valence-corrected chi connectivity index (χ3v) is 7.89. The van der Waals surface area contributed by atoms with E-state index in [-0.39, 0.29) is 43.7 Å². The summed E-state index contributed by atoms with van der Waals surface area (Å²) in [5.74, 6) is -1.68. The highest BCUT2D eigenvalue weighted by atomic mass is 19.1. The SMILES string of the molecule is NC(=O)C1(F)CCN(C(=O)[C@H](CCCN[C@@H]2C[C@H]2c2ccc(F)cc2)NC(=O)c2ccc(-n3ccnn3)cc2)CC1. The smallest absolute Gasteiger partial charge is 0.255 e. The van der Waals surface area contributed by atoms with E-state index in [1.54, 1.807) is 53.5 Å². The van der Waals surface area contributed by atoms with Crippen LogP contribution >= 0.6 is 0 Å². The number of nitrogens with zero attached hydrogens (tertiary/aromatic N) is 4.